The summed E-state index contributed by atoms with van der Waals surface area (Å²) < 4.78 is 1.30. The number of carbonyl (C=O) groups excluding carboxylic acids is 5. The Morgan fingerprint density at radius 3 is 2.04 bits per heavy atom. The number of carbonyl (C=O) groups is 6. The monoisotopic (exact) mass is 786 g/mol. The lowest BCUT2D eigenvalue weighted by Gasteiger charge is -2.24. The van der Waals surface area contributed by atoms with E-state index in [0.717, 1.165) is 0 Å². The van der Waals surface area contributed by atoms with Crippen molar-refractivity contribution in [2.75, 3.05) is 13.1 Å². The van der Waals surface area contributed by atoms with Crippen LogP contribution in [0, 0.1) is 5.92 Å². The number of aliphatic imine (C=N–C) groups is 2. The van der Waals surface area contributed by atoms with Crippen LogP contribution in [0.15, 0.2) is 40.7 Å². The third kappa shape index (κ3) is 17.6. The van der Waals surface area contributed by atoms with Crippen molar-refractivity contribution in [3.05, 3.63) is 42.0 Å². The molecule has 5 amide bonds. The minimum atomic E-state index is -1.42. The van der Waals surface area contributed by atoms with E-state index in [1.54, 1.807) is 12.1 Å². The molecule has 0 aliphatic rings. The Morgan fingerprint density at radius 2 is 1.46 bits per heavy atom. The van der Waals surface area contributed by atoms with Gasteiger partial charge in [-0.1, -0.05) is 25.1 Å². The molecule has 0 saturated carbocycles. The molecule has 0 bridgehead atoms. The normalized spacial score (nSPS) is 13.6. The number of hydrogen-bond donors (Lipinski definition) is 11. The molecule has 2 aromatic rings. The molecule has 0 saturated heterocycles. The zero-order valence-electron chi connectivity index (χ0n) is 31.5. The van der Waals surface area contributed by atoms with Gasteiger partial charge in [0.2, 0.25) is 23.6 Å². The molecule has 0 radical (unpaired) electrons. The summed E-state index contributed by atoms with van der Waals surface area (Å²) in [5.74, 6) is -5.14. The molecule has 2 aromatic heterocycles. The van der Waals surface area contributed by atoms with Gasteiger partial charge in [0, 0.05) is 37.9 Å². The van der Waals surface area contributed by atoms with E-state index >= 15 is 0 Å². The van der Waals surface area contributed by atoms with E-state index in [-0.39, 0.29) is 62.4 Å². The maximum atomic E-state index is 13.7. The fraction of sp³-hybridized carbons (Fsp3) is 0.545. The van der Waals surface area contributed by atoms with Crippen LogP contribution < -0.4 is 55.7 Å². The number of hydrogen-bond acceptors (Lipinski definition) is 12. The van der Waals surface area contributed by atoms with Gasteiger partial charge in [0.15, 0.2) is 17.6 Å². The average molecular weight is 787 g/mol. The number of guanidine groups is 2. The molecule has 308 valence electrons. The minimum absolute atomic E-state index is 0.00206. The molecule has 0 unspecified atom stereocenters. The average Bonchev–Trinajstić information content (AvgIpc) is 3.59. The Kier molecular flexibility index (Phi) is 19.1. The Bertz CT molecular complexity index is 1680. The van der Waals surface area contributed by atoms with Gasteiger partial charge >= 0.3 is 5.97 Å². The Hall–Kier alpha value is -6.39. The van der Waals surface area contributed by atoms with Gasteiger partial charge in [0.05, 0.1) is 25.2 Å². The zero-order valence-corrected chi connectivity index (χ0v) is 31.5. The van der Waals surface area contributed by atoms with Crippen molar-refractivity contribution in [3.8, 4) is 0 Å². The molecular formula is C33H54N16O7. The molecule has 17 N–H and O–H groups in total. The maximum Gasteiger partial charge on any atom is 0.305 e. The van der Waals surface area contributed by atoms with E-state index in [1.165, 1.54) is 23.3 Å². The molecule has 23 nitrogen and oxygen atoms in total. The number of primary amides is 1. The second-order valence-corrected chi connectivity index (χ2v) is 13.4. The summed E-state index contributed by atoms with van der Waals surface area (Å²) in [6.07, 6.45) is 5.07. The van der Waals surface area contributed by atoms with Crippen LogP contribution in [-0.4, -0.2) is 116 Å². The molecule has 0 aromatic carbocycles. The third-order valence-corrected chi connectivity index (χ3v) is 7.99. The minimum Gasteiger partial charge on any atom is -0.481 e. The Balaban J connectivity index is 2.29. The second-order valence-electron chi connectivity index (χ2n) is 13.4. The quantitative estimate of drug-likeness (QED) is 0.0259. The fourth-order valence-electron chi connectivity index (χ4n) is 5.29. The fourth-order valence-corrected chi connectivity index (χ4v) is 5.29. The van der Waals surface area contributed by atoms with E-state index in [0.29, 0.717) is 24.8 Å². The number of carboxylic acids is 1. The van der Waals surface area contributed by atoms with Crippen molar-refractivity contribution < 1.29 is 33.9 Å². The first-order chi connectivity index (χ1) is 26.4. The molecule has 0 aliphatic carbocycles. The van der Waals surface area contributed by atoms with Gasteiger partial charge < -0.3 is 60.8 Å². The number of nitrogens with zero attached hydrogens (tertiary/aromatic N) is 6. The summed E-state index contributed by atoms with van der Waals surface area (Å²) in [6.45, 7) is 4.10. The van der Waals surface area contributed by atoms with Crippen molar-refractivity contribution in [2.24, 2.45) is 50.3 Å². The summed E-state index contributed by atoms with van der Waals surface area (Å²) in [7, 11) is 0. The van der Waals surface area contributed by atoms with Gasteiger partial charge in [-0.3, -0.25) is 43.7 Å². The number of rotatable bonds is 25. The lowest BCUT2D eigenvalue weighted by atomic mass is 10.0. The summed E-state index contributed by atoms with van der Waals surface area (Å²) in [5, 5.41) is 27.7. The van der Waals surface area contributed by atoms with Crippen LogP contribution in [0.2, 0.25) is 0 Å². The number of carboxylic acid groups (broad SMARTS) is 1. The molecule has 0 fully saturated rings. The first-order valence-corrected chi connectivity index (χ1v) is 17.8. The number of amides is 5. The van der Waals surface area contributed by atoms with E-state index < -0.39 is 72.1 Å². The van der Waals surface area contributed by atoms with Crippen LogP contribution in [0.1, 0.15) is 68.4 Å². The van der Waals surface area contributed by atoms with Crippen LogP contribution in [0.4, 0.5) is 0 Å². The molecule has 56 heavy (non-hydrogen) atoms. The predicted octanol–water partition coefficient (Wildman–Crippen LogP) is -4.09. The van der Waals surface area contributed by atoms with Gasteiger partial charge in [-0.25, -0.2) is 4.68 Å². The molecular weight excluding hydrogens is 732 g/mol. The van der Waals surface area contributed by atoms with Gasteiger partial charge in [-0.05, 0) is 49.7 Å². The lowest BCUT2D eigenvalue weighted by molar-refractivity contribution is -0.139. The SMILES string of the molecule is CC(C)C[C@H](NC(=O)[C@H](CCCN=C(N)N)NC(=O)c1cn(C[C@H](CCCN=C(N)N)NC(=O)[C@H](Cc2cccnc2)NC(=O)[C@@H](N)CC(=O)O)nn1)C(N)=O. The molecule has 2 heterocycles. The highest BCUT2D eigenvalue weighted by Gasteiger charge is 2.29. The number of pyridine rings is 1. The van der Waals surface area contributed by atoms with Gasteiger partial charge in [-0.15, -0.1) is 5.10 Å². The number of nitrogens with two attached hydrogens (primary N) is 6. The summed E-state index contributed by atoms with van der Waals surface area (Å²) in [6, 6.07) is -2.04. The standard InChI is InChI=1S/C33H54N16O7/c1-18(2)12-23(27(35)52)45-29(54)22(8-5-11-42-33(38)39)44-31(56)25-17-49(48-47-25)16-20(7-4-10-41-32(36)37)43-30(55)24(13-19-6-3-9-40-15-19)46-28(53)21(34)14-26(50)51/h3,6,9,15,17-18,20-24H,4-5,7-8,10-14,16,34H2,1-2H3,(H2,35,52)(H,43,55)(H,44,56)(H,45,54)(H,46,53)(H,50,51)(H4,36,37,41)(H4,38,39,42)/t20-,21-,22-,23-,24-/m0/s1. The van der Waals surface area contributed by atoms with Crippen molar-refractivity contribution in [1.82, 2.24) is 41.2 Å². The second kappa shape index (κ2) is 23.4. The molecule has 0 aliphatic heterocycles. The van der Waals surface area contributed by atoms with Crippen LogP contribution >= 0.6 is 0 Å². The number of aliphatic carboxylic acids is 1. The smallest absolute Gasteiger partial charge is 0.305 e. The highest BCUT2D eigenvalue weighted by molar-refractivity contribution is 5.97. The molecule has 23 heteroatoms. The topological polar surface area (TPSA) is 395 Å². The highest BCUT2D eigenvalue weighted by atomic mass is 16.4. The van der Waals surface area contributed by atoms with Gasteiger partial charge in [0.1, 0.15) is 18.1 Å². The van der Waals surface area contributed by atoms with E-state index in [1.807, 2.05) is 13.8 Å². The van der Waals surface area contributed by atoms with Crippen LogP contribution in [-0.2, 0) is 36.9 Å². The van der Waals surface area contributed by atoms with Crippen LogP contribution in [0.3, 0.4) is 0 Å². The maximum absolute atomic E-state index is 13.7. The molecule has 0 spiro atoms. The summed E-state index contributed by atoms with van der Waals surface area (Å²) >= 11 is 0. The zero-order chi connectivity index (χ0) is 41.8. The number of aromatic nitrogens is 4. The van der Waals surface area contributed by atoms with Gasteiger partial charge in [-0.2, -0.15) is 0 Å². The Labute approximate surface area is 323 Å². The van der Waals surface area contributed by atoms with E-state index in [2.05, 4.69) is 46.5 Å². The molecule has 2 rings (SSSR count). The lowest BCUT2D eigenvalue weighted by Crippen LogP contribution is -2.55. The van der Waals surface area contributed by atoms with Crippen molar-refractivity contribution in [1.29, 1.82) is 0 Å². The van der Waals surface area contributed by atoms with Crippen LogP contribution in [0.25, 0.3) is 0 Å². The summed E-state index contributed by atoms with van der Waals surface area (Å²) in [5.41, 5.74) is 33.4. The predicted molar refractivity (Wildman–Crippen MR) is 204 cm³/mol. The third-order valence-electron chi connectivity index (χ3n) is 7.99. The molecule has 5 atom stereocenters. The van der Waals surface area contributed by atoms with E-state index in [4.69, 9.17) is 39.5 Å². The first-order valence-electron chi connectivity index (χ1n) is 17.8. The first kappa shape index (κ1) is 45.8. The van der Waals surface area contributed by atoms with Crippen molar-refractivity contribution in [2.45, 2.75) is 95.5 Å². The van der Waals surface area contributed by atoms with Crippen LogP contribution in [0.5, 0.6) is 0 Å². The largest absolute Gasteiger partial charge is 0.481 e. The van der Waals surface area contributed by atoms with Gasteiger partial charge in [0.25, 0.3) is 5.91 Å². The Morgan fingerprint density at radius 1 is 0.839 bits per heavy atom. The summed E-state index contributed by atoms with van der Waals surface area (Å²) in [4.78, 5) is 88.3. The van der Waals surface area contributed by atoms with Crippen molar-refractivity contribution in [3.63, 3.8) is 0 Å². The van der Waals surface area contributed by atoms with Crippen molar-refractivity contribution >= 4 is 47.4 Å². The highest BCUT2D eigenvalue weighted by Crippen LogP contribution is 2.09. The number of nitrogens with one attached hydrogen (secondary N) is 4. The van der Waals surface area contributed by atoms with E-state index in [9.17, 15) is 28.8 Å².